The summed E-state index contributed by atoms with van der Waals surface area (Å²) in [6, 6.07) is 11.5. The van der Waals surface area contributed by atoms with Crippen molar-refractivity contribution < 1.29 is 9.72 Å². The standard InChI is InChI=1S/C16H12ClN3O3S/c1-2-19-13-5-3-4-6-14(13)24-16(19)18-15(21)11-9-10(20(22)23)7-8-12(11)17/h3-9H,2H2,1H3. The number of fused-ring (bicyclic) bond motifs is 1. The van der Waals surface area contributed by atoms with Crippen LogP contribution in [0.3, 0.4) is 0 Å². The number of rotatable bonds is 3. The highest BCUT2D eigenvalue weighted by molar-refractivity contribution is 7.16. The summed E-state index contributed by atoms with van der Waals surface area (Å²) in [6.45, 7) is 2.61. The molecule has 0 saturated carbocycles. The molecule has 0 aliphatic carbocycles. The lowest BCUT2D eigenvalue weighted by Gasteiger charge is -2.01. The number of nitro benzene ring substituents is 1. The smallest absolute Gasteiger partial charge is 0.281 e. The fourth-order valence-electron chi connectivity index (χ4n) is 2.35. The van der Waals surface area contributed by atoms with Crippen LogP contribution in [0.1, 0.15) is 17.3 Å². The lowest BCUT2D eigenvalue weighted by atomic mass is 10.2. The van der Waals surface area contributed by atoms with E-state index in [2.05, 4.69) is 4.99 Å². The SMILES string of the molecule is CCn1c(=NC(=O)c2cc([N+](=O)[O-])ccc2Cl)sc2ccccc21. The predicted molar refractivity (Wildman–Crippen MR) is 93.5 cm³/mol. The molecule has 122 valence electrons. The van der Waals surface area contributed by atoms with Crippen LogP contribution in [0.2, 0.25) is 5.02 Å². The Labute approximate surface area is 145 Å². The molecule has 0 saturated heterocycles. The molecule has 0 radical (unpaired) electrons. The zero-order chi connectivity index (χ0) is 17.3. The number of benzene rings is 2. The number of halogens is 1. The molecule has 0 atom stereocenters. The molecule has 6 nitrogen and oxygen atoms in total. The van der Waals surface area contributed by atoms with E-state index in [1.807, 2.05) is 35.8 Å². The molecule has 0 N–H and O–H groups in total. The Balaban J connectivity index is 2.14. The molecule has 0 spiro atoms. The average Bonchev–Trinajstić information content (AvgIpc) is 2.91. The quantitative estimate of drug-likeness (QED) is 0.522. The summed E-state index contributed by atoms with van der Waals surface area (Å²) in [7, 11) is 0. The summed E-state index contributed by atoms with van der Waals surface area (Å²) in [4.78, 5) is 27.5. The number of aryl methyl sites for hydroxylation is 1. The summed E-state index contributed by atoms with van der Waals surface area (Å²) >= 11 is 7.39. The van der Waals surface area contributed by atoms with Gasteiger partial charge in [0, 0.05) is 18.7 Å². The maximum atomic E-state index is 12.5. The van der Waals surface area contributed by atoms with Crippen molar-refractivity contribution in [2.75, 3.05) is 0 Å². The second kappa shape index (κ2) is 6.54. The second-order valence-electron chi connectivity index (χ2n) is 4.93. The number of nitro groups is 1. The molecule has 0 unspecified atom stereocenters. The van der Waals surface area contributed by atoms with Crippen molar-refractivity contribution in [3.63, 3.8) is 0 Å². The highest BCUT2D eigenvalue weighted by Gasteiger charge is 2.16. The first-order chi connectivity index (χ1) is 11.5. The fourth-order valence-corrected chi connectivity index (χ4v) is 3.64. The Morgan fingerprint density at radius 3 is 2.79 bits per heavy atom. The van der Waals surface area contributed by atoms with Crippen molar-refractivity contribution in [3.8, 4) is 0 Å². The number of non-ortho nitro benzene ring substituents is 1. The summed E-state index contributed by atoms with van der Waals surface area (Å²) in [5.41, 5.74) is 0.810. The molecular formula is C16H12ClN3O3S. The molecule has 0 bridgehead atoms. The van der Waals surface area contributed by atoms with Gasteiger partial charge >= 0.3 is 0 Å². The highest BCUT2D eigenvalue weighted by atomic mass is 35.5. The van der Waals surface area contributed by atoms with E-state index in [0.717, 1.165) is 16.3 Å². The van der Waals surface area contributed by atoms with Crippen LogP contribution in [0.4, 0.5) is 5.69 Å². The van der Waals surface area contributed by atoms with Crippen molar-refractivity contribution in [3.05, 3.63) is 68.0 Å². The molecule has 1 aromatic heterocycles. The predicted octanol–water partition coefficient (Wildman–Crippen LogP) is 4.03. The fraction of sp³-hybridized carbons (Fsp3) is 0.125. The first kappa shape index (κ1) is 16.4. The van der Waals surface area contributed by atoms with Crippen LogP contribution in [0.5, 0.6) is 0 Å². The number of amides is 1. The number of carbonyl (C=O) groups excluding carboxylic acids is 1. The monoisotopic (exact) mass is 361 g/mol. The van der Waals surface area contributed by atoms with Crippen LogP contribution >= 0.6 is 22.9 Å². The minimum absolute atomic E-state index is 0.0194. The first-order valence-electron chi connectivity index (χ1n) is 7.12. The van der Waals surface area contributed by atoms with Gasteiger partial charge in [-0.2, -0.15) is 4.99 Å². The maximum Gasteiger partial charge on any atom is 0.281 e. The minimum atomic E-state index is -0.600. The first-order valence-corrected chi connectivity index (χ1v) is 8.32. The summed E-state index contributed by atoms with van der Waals surface area (Å²) in [5.74, 6) is -0.600. The van der Waals surface area contributed by atoms with Gasteiger partial charge in [0.05, 0.1) is 25.7 Å². The molecule has 0 aliphatic rings. The molecule has 3 rings (SSSR count). The molecular weight excluding hydrogens is 350 g/mol. The number of thiazole rings is 1. The van der Waals surface area contributed by atoms with Crippen molar-refractivity contribution in [1.29, 1.82) is 0 Å². The van der Waals surface area contributed by atoms with E-state index < -0.39 is 10.8 Å². The van der Waals surface area contributed by atoms with Gasteiger partial charge in [0.25, 0.3) is 11.6 Å². The lowest BCUT2D eigenvalue weighted by molar-refractivity contribution is -0.384. The van der Waals surface area contributed by atoms with Crippen molar-refractivity contribution >= 4 is 44.7 Å². The number of carbonyl (C=O) groups is 1. The van der Waals surface area contributed by atoms with Gasteiger partial charge in [0.2, 0.25) is 0 Å². The van der Waals surface area contributed by atoms with Crippen LogP contribution in [-0.2, 0) is 6.54 Å². The molecule has 1 heterocycles. The van der Waals surface area contributed by atoms with Crippen LogP contribution in [-0.4, -0.2) is 15.4 Å². The van der Waals surface area contributed by atoms with E-state index in [9.17, 15) is 14.9 Å². The van der Waals surface area contributed by atoms with Crippen LogP contribution in [0.15, 0.2) is 47.5 Å². The van der Waals surface area contributed by atoms with E-state index in [-0.39, 0.29) is 16.3 Å². The number of nitrogens with zero attached hydrogens (tertiary/aromatic N) is 3. The summed E-state index contributed by atoms with van der Waals surface area (Å²) < 4.78 is 2.93. The second-order valence-corrected chi connectivity index (χ2v) is 6.35. The minimum Gasteiger partial charge on any atom is -0.317 e. The summed E-state index contributed by atoms with van der Waals surface area (Å²) in [6.07, 6.45) is 0. The molecule has 8 heteroatoms. The number of hydrogen-bond acceptors (Lipinski definition) is 4. The number of hydrogen-bond donors (Lipinski definition) is 0. The van der Waals surface area contributed by atoms with Gasteiger partial charge < -0.3 is 4.57 Å². The molecule has 3 aromatic rings. The van der Waals surface area contributed by atoms with E-state index >= 15 is 0 Å². The topological polar surface area (TPSA) is 77.5 Å². The van der Waals surface area contributed by atoms with E-state index in [4.69, 9.17) is 11.6 Å². The lowest BCUT2D eigenvalue weighted by Crippen LogP contribution is -2.16. The van der Waals surface area contributed by atoms with E-state index in [1.165, 1.54) is 23.5 Å². The van der Waals surface area contributed by atoms with Gasteiger partial charge in [-0.15, -0.1) is 0 Å². The Kier molecular flexibility index (Phi) is 4.46. The van der Waals surface area contributed by atoms with Crippen molar-refractivity contribution in [1.82, 2.24) is 4.57 Å². The van der Waals surface area contributed by atoms with Gasteiger partial charge in [0.1, 0.15) is 0 Å². The Morgan fingerprint density at radius 1 is 1.33 bits per heavy atom. The average molecular weight is 362 g/mol. The maximum absolute atomic E-state index is 12.5. The largest absolute Gasteiger partial charge is 0.317 e. The number of aromatic nitrogens is 1. The van der Waals surface area contributed by atoms with Crippen LogP contribution in [0.25, 0.3) is 10.2 Å². The molecule has 1 amide bonds. The van der Waals surface area contributed by atoms with Gasteiger partial charge in [-0.25, -0.2) is 0 Å². The third kappa shape index (κ3) is 2.95. The van der Waals surface area contributed by atoms with Crippen molar-refractivity contribution in [2.24, 2.45) is 4.99 Å². The Morgan fingerprint density at radius 2 is 2.08 bits per heavy atom. The molecule has 24 heavy (non-hydrogen) atoms. The highest BCUT2D eigenvalue weighted by Crippen LogP contribution is 2.23. The van der Waals surface area contributed by atoms with E-state index in [0.29, 0.717) is 11.3 Å². The van der Waals surface area contributed by atoms with Crippen LogP contribution in [0, 0.1) is 10.1 Å². The van der Waals surface area contributed by atoms with Gasteiger partial charge in [-0.05, 0) is 25.1 Å². The van der Waals surface area contributed by atoms with Gasteiger partial charge in [-0.3, -0.25) is 14.9 Å². The third-order valence-corrected chi connectivity index (χ3v) is 4.88. The van der Waals surface area contributed by atoms with Crippen LogP contribution < -0.4 is 4.80 Å². The molecule has 0 fully saturated rings. The zero-order valence-corrected chi connectivity index (χ0v) is 14.2. The third-order valence-electron chi connectivity index (χ3n) is 3.49. The zero-order valence-electron chi connectivity index (χ0n) is 12.6. The van der Waals surface area contributed by atoms with E-state index in [1.54, 1.807) is 0 Å². The Hall–Kier alpha value is -2.51. The van der Waals surface area contributed by atoms with Gasteiger partial charge in [-0.1, -0.05) is 35.1 Å². The molecule has 0 aliphatic heterocycles. The normalized spacial score (nSPS) is 11.8. The van der Waals surface area contributed by atoms with Gasteiger partial charge in [0.15, 0.2) is 4.80 Å². The summed E-state index contributed by atoms with van der Waals surface area (Å²) in [5, 5.41) is 11.0. The van der Waals surface area contributed by atoms with Crippen molar-refractivity contribution in [2.45, 2.75) is 13.5 Å². The number of para-hydroxylation sites is 1. The molecule has 2 aromatic carbocycles. The Bertz CT molecular complexity index is 1020.